The Bertz CT molecular complexity index is 332. The molecule has 0 saturated carbocycles. The van der Waals surface area contributed by atoms with Crippen molar-refractivity contribution in [2.24, 2.45) is 0 Å². The standard InChI is InChI=1S/C13H20N2O/c1-4-10(2)15-9-11-5-7-12(8-6-11)13(16)14-3/h5-8,10,15H,4,9H2,1-3H3,(H,14,16). The van der Waals surface area contributed by atoms with E-state index in [0.29, 0.717) is 11.6 Å². The molecule has 0 spiro atoms. The lowest BCUT2D eigenvalue weighted by Gasteiger charge is -2.11. The second-order valence-electron chi connectivity index (χ2n) is 3.97. The molecule has 1 rings (SSSR count). The summed E-state index contributed by atoms with van der Waals surface area (Å²) in [4.78, 5) is 11.3. The number of hydrogen-bond acceptors (Lipinski definition) is 2. The zero-order valence-electron chi connectivity index (χ0n) is 10.2. The monoisotopic (exact) mass is 220 g/mol. The summed E-state index contributed by atoms with van der Waals surface area (Å²) in [7, 11) is 1.64. The van der Waals surface area contributed by atoms with Crippen molar-refractivity contribution in [3.8, 4) is 0 Å². The van der Waals surface area contributed by atoms with Crippen LogP contribution in [0.4, 0.5) is 0 Å². The van der Waals surface area contributed by atoms with Gasteiger partial charge in [0, 0.05) is 25.2 Å². The van der Waals surface area contributed by atoms with Crippen molar-refractivity contribution in [1.29, 1.82) is 0 Å². The summed E-state index contributed by atoms with van der Waals surface area (Å²) < 4.78 is 0. The van der Waals surface area contributed by atoms with Gasteiger partial charge in [0.2, 0.25) is 0 Å². The van der Waals surface area contributed by atoms with E-state index in [-0.39, 0.29) is 5.91 Å². The number of amides is 1. The van der Waals surface area contributed by atoms with Gasteiger partial charge in [-0.15, -0.1) is 0 Å². The van der Waals surface area contributed by atoms with E-state index in [4.69, 9.17) is 0 Å². The minimum Gasteiger partial charge on any atom is -0.355 e. The van der Waals surface area contributed by atoms with Crippen molar-refractivity contribution in [1.82, 2.24) is 10.6 Å². The third-order valence-corrected chi connectivity index (χ3v) is 2.71. The summed E-state index contributed by atoms with van der Waals surface area (Å²) in [5.74, 6) is -0.0403. The Labute approximate surface area is 97.2 Å². The first-order valence-electron chi connectivity index (χ1n) is 5.71. The Morgan fingerprint density at radius 3 is 2.44 bits per heavy atom. The van der Waals surface area contributed by atoms with Crippen molar-refractivity contribution in [3.05, 3.63) is 35.4 Å². The number of carbonyl (C=O) groups is 1. The average Bonchev–Trinajstić information content (AvgIpc) is 2.35. The third kappa shape index (κ3) is 3.66. The fraction of sp³-hybridized carbons (Fsp3) is 0.462. The highest BCUT2D eigenvalue weighted by Gasteiger charge is 2.02. The lowest BCUT2D eigenvalue weighted by atomic mass is 10.1. The van der Waals surface area contributed by atoms with Crippen LogP contribution in [0.15, 0.2) is 24.3 Å². The molecule has 0 aliphatic rings. The minimum atomic E-state index is -0.0403. The van der Waals surface area contributed by atoms with Gasteiger partial charge in [0.25, 0.3) is 5.91 Å². The first kappa shape index (κ1) is 12.7. The summed E-state index contributed by atoms with van der Waals surface area (Å²) in [5.41, 5.74) is 1.91. The molecule has 1 aromatic carbocycles. The Balaban J connectivity index is 2.54. The number of hydrogen-bond donors (Lipinski definition) is 2. The molecule has 0 heterocycles. The fourth-order valence-electron chi connectivity index (χ4n) is 1.35. The van der Waals surface area contributed by atoms with Gasteiger partial charge in [-0.05, 0) is 31.0 Å². The highest BCUT2D eigenvalue weighted by Crippen LogP contribution is 2.04. The maximum absolute atomic E-state index is 11.3. The van der Waals surface area contributed by atoms with Gasteiger partial charge in [-0.2, -0.15) is 0 Å². The topological polar surface area (TPSA) is 41.1 Å². The van der Waals surface area contributed by atoms with Crippen molar-refractivity contribution in [2.45, 2.75) is 32.9 Å². The molecule has 0 radical (unpaired) electrons. The van der Waals surface area contributed by atoms with Gasteiger partial charge >= 0.3 is 0 Å². The van der Waals surface area contributed by atoms with Crippen LogP contribution in [-0.4, -0.2) is 19.0 Å². The maximum Gasteiger partial charge on any atom is 0.251 e. The zero-order valence-corrected chi connectivity index (χ0v) is 10.2. The lowest BCUT2D eigenvalue weighted by molar-refractivity contribution is 0.0963. The van der Waals surface area contributed by atoms with Crippen LogP contribution >= 0.6 is 0 Å². The third-order valence-electron chi connectivity index (χ3n) is 2.71. The summed E-state index contributed by atoms with van der Waals surface area (Å²) in [5, 5.41) is 6.02. The number of nitrogens with one attached hydrogen (secondary N) is 2. The smallest absolute Gasteiger partial charge is 0.251 e. The molecule has 1 amide bonds. The quantitative estimate of drug-likeness (QED) is 0.796. The normalized spacial score (nSPS) is 12.2. The zero-order chi connectivity index (χ0) is 12.0. The van der Waals surface area contributed by atoms with E-state index in [1.54, 1.807) is 7.05 Å². The van der Waals surface area contributed by atoms with Crippen LogP contribution < -0.4 is 10.6 Å². The van der Waals surface area contributed by atoms with E-state index in [0.717, 1.165) is 13.0 Å². The summed E-state index contributed by atoms with van der Waals surface area (Å²) in [6, 6.07) is 8.21. The molecule has 0 aliphatic heterocycles. The van der Waals surface area contributed by atoms with E-state index in [9.17, 15) is 4.79 Å². The minimum absolute atomic E-state index is 0.0403. The molecule has 1 atom stereocenters. The molecular weight excluding hydrogens is 200 g/mol. The second kappa shape index (κ2) is 6.28. The number of carbonyl (C=O) groups excluding carboxylic acids is 1. The van der Waals surface area contributed by atoms with Crippen molar-refractivity contribution < 1.29 is 4.79 Å². The van der Waals surface area contributed by atoms with Crippen LogP contribution in [0, 0.1) is 0 Å². The number of benzene rings is 1. The maximum atomic E-state index is 11.3. The molecule has 1 aromatic rings. The lowest BCUT2D eigenvalue weighted by Crippen LogP contribution is -2.24. The summed E-state index contributed by atoms with van der Waals surface area (Å²) in [6.45, 7) is 5.17. The van der Waals surface area contributed by atoms with Crippen molar-refractivity contribution in [3.63, 3.8) is 0 Å². The molecule has 2 N–H and O–H groups in total. The predicted octanol–water partition coefficient (Wildman–Crippen LogP) is 1.93. The van der Waals surface area contributed by atoms with Crippen LogP contribution in [0.2, 0.25) is 0 Å². The predicted molar refractivity (Wildman–Crippen MR) is 66.4 cm³/mol. The SMILES string of the molecule is CCC(C)NCc1ccc(C(=O)NC)cc1. The molecule has 0 aromatic heterocycles. The van der Waals surface area contributed by atoms with Crippen LogP contribution in [0.5, 0.6) is 0 Å². The Morgan fingerprint density at radius 1 is 1.31 bits per heavy atom. The van der Waals surface area contributed by atoms with Gasteiger partial charge in [-0.3, -0.25) is 4.79 Å². The first-order valence-corrected chi connectivity index (χ1v) is 5.71. The largest absolute Gasteiger partial charge is 0.355 e. The summed E-state index contributed by atoms with van der Waals surface area (Å²) in [6.07, 6.45) is 1.12. The van der Waals surface area contributed by atoms with Gasteiger partial charge in [0.15, 0.2) is 0 Å². The Kier molecular flexibility index (Phi) is 4.99. The molecule has 3 nitrogen and oxygen atoms in total. The second-order valence-corrected chi connectivity index (χ2v) is 3.97. The molecule has 16 heavy (non-hydrogen) atoms. The highest BCUT2D eigenvalue weighted by molar-refractivity contribution is 5.93. The Hall–Kier alpha value is -1.35. The molecular formula is C13H20N2O. The van der Waals surface area contributed by atoms with E-state index >= 15 is 0 Å². The van der Waals surface area contributed by atoms with Gasteiger partial charge in [0.1, 0.15) is 0 Å². The van der Waals surface area contributed by atoms with Gasteiger partial charge < -0.3 is 10.6 Å². The van der Waals surface area contributed by atoms with E-state index < -0.39 is 0 Å². The molecule has 1 unspecified atom stereocenters. The fourth-order valence-corrected chi connectivity index (χ4v) is 1.35. The molecule has 0 aliphatic carbocycles. The molecule has 88 valence electrons. The van der Waals surface area contributed by atoms with Crippen LogP contribution in [0.25, 0.3) is 0 Å². The van der Waals surface area contributed by atoms with Crippen molar-refractivity contribution >= 4 is 5.91 Å². The molecule has 3 heteroatoms. The number of rotatable bonds is 5. The Morgan fingerprint density at radius 2 is 1.94 bits per heavy atom. The molecule has 0 bridgehead atoms. The van der Waals surface area contributed by atoms with E-state index in [1.165, 1.54) is 5.56 Å². The van der Waals surface area contributed by atoms with E-state index in [2.05, 4.69) is 24.5 Å². The molecule has 0 fully saturated rings. The van der Waals surface area contributed by atoms with Gasteiger partial charge in [0.05, 0.1) is 0 Å². The van der Waals surface area contributed by atoms with Gasteiger partial charge in [-0.25, -0.2) is 0 Å². The van der Waals surface area contributed by atoms with Gasteiger partial charge in [-0.1, -0.05) is 19.1 Å². The van der Waals surface area contributed by atoms with Crippen LogP contribution in [0.1, 0.15) is 36.2 Å². The van der Waals surface area contributed by atoms with E-state index in [1.807, 2.05) is 24.3 Å². The molecule has 0 saturated heterocycles. The van der Waals surface area contributed by atoms with Crippen LogP contribution in [0.3, 0.4) is 0 Å². The van der Waals surface area contributed by atoms with Crippen LogP contribution in [-0.2, 0) is 6.54 Å². The van der Waals surface area contributed by atoms with Crippen molar-refractivity contribution in [2.75, 3.05) is 7.05 Å². The first-order chi connectivity index (χ1) is 7.67. The highest BCUT2D eigenvalue weighted by atomic mass is 16.1. The average molecular weight is 220 g/mol. The summed E-state index contributed by atoms with van der Waals surface area (Å²) >= 11 is 0.